The summed E-state index contributed by atoms with van der Waals surface area (Å²) in [5.74, 6) is -0.335. The Bertz CT molecular complexity index is 915. The molecular formula is C19H17BrN4O. The Kier molecular flexibility index (Phi) is 5.09. The van der Waals surface area contributed by atoms with Crippen LogP contribution in [-0.4, -0.2) is 21.7 Å². The number of amides is 1. The number of halogens is 1. The molecule has 0 aliphatic rings. The Hall–Kier alpha value is -2.73. The van der Waals surface area contributed by atoms with Crippen LogP contribution >= 0.6 is 15.9 Å². The highest BCUT2D eigenvalue weighted by Crippen LogP contribution is 2.21. The average Bonchev–Trinajstić information content (AvgIpc) is 2.90. The van der Waals surface area contributed by atoms with E-state index in [1.807, 2.05) is 44.2 Å². The van der Waals surface area contributed by atoms with Gasteiger partial charge in [0.15, 0.2) is 0 Å². The van der Waals surface area contributed by atoms with Crippen LogP contribution in [0.25, 0.3) is 5.69 Å². The van der Waals surface area contributed by atoms with Gasteiger partial charge in [-0.25, -0.2) is 5.43 Å². The SMILES string of the molecule is Cc1cc(C=NNC(=O)c2ccccn2)c(C)n1-c1ccc(Br)cc1. The zero-order chi connectivity index (χ0) is 17.8. The number of nitrogens with zero attached hydrogens (tertiary/aromatic N) is 3. The molecule has 3 rings (SSSR count). The molecule has 0 radical (unpaired) electrons. The molecule has 0 aliphatic heterocycles. The van der Waals surface area contributed by atoms with E-state index in [2.05, 4.69) is 36.0 Å². The van der Waals surface area contributed by atoms with E-state index in [1.165, 1.54) is 0 Å². The number of carbonyl (C=O) groups is 1. The lowest BCUT2D eigenvalue weighted by molar-refractivity contribution is 0.0950. The molecule has 5 nitrogen and oxygen atoms in total. The van der Waals surface area contributed by atoms with Gasteiger partial charge in [0.1, 0.15) is 5.69 Å². The second-order valence-corrected chi connectivity index (χ2v) is 6.47. The minimum atomic E-state index is -0.335. The van der Waals surface area contributed by atoms with Crippen LogP contribution < -0.4 is 5.43 Å². The smallest absolute Gasteiger partial charge is 0.289 e. The van der Waals surface area contributed by atoms with E-state index < -0.39 is 0 Å². The predicted octanol–water partition coefficient (Wildman–Crippen LogP) is 4.02. The number of pyridine rings is 1. The maximum atomic E-state index is 11.9. The molecule has 2 aromatic heterocycles. The van der Waals surface area contributed by atoms with Gasteiger partial charge in [-0.15, -0.1) is 0 Å². The van der Waals surface area contributed by atoms with Crippen molar-refractivity contribution in [1.82, 2.24) is 15.0 Å². The molecule has 0 saturated heterocycles. The summed E-state index contributed by atoms with van der Waals surface area (Å²) in [5.41, 5.74) is 7.01. The molecule has 0 fully saturated rings. The molecule has 0 unspecified atom stereocenters. The van der Waals surface area contributed by atoms with Crippen molar-refractivity contribution in [3.05, 3.63) is 81.8 Å². The number of carbonyl (C=O) groups excluding carboxylic acids is 1. The first-order valence-electron chi connectivity index (χ1n) is 7.75. The molecule has 1 aromatic carbocycles. The zero-order valence-corrected chi connectivity index (χ0v) is 15.5. The van der Waals surface area contributed by atoms with E-state index >= 15 is 0 Å². The molecular weight excluding hydrogens is 380 g/mol. The summed E-state index contributed by atoms with van der Waals surface area (Å²) in [6.07, 6.45) is 3.23. The minimum absolute atomic E-state index is 0.333. The first kappa shape index (κ1) is 17.1. The Morgan fingerprint density at radius 2 is 1.96 bits per heavy atom. The van der Waals surface area contributed by atoms with E-state index in [9.17, 15) is 4.79 Å². The van der Waals surface area contributed by atoms with Gasteiger partial charge in [0.2, 0.25) is 0 Å². The molecule has 126 valence electrons. The van der Waals surface area contributed by atoms with Crippen LogP contribution in [0.3, 0.4) is 0 Å². The van der Waals surface area contributed by atoms with E-state index in [4.69, 9.17) is 0 Å². The third kappa shape index (κ3) is 3.85. The van der Waals surface area contributed by atoms with Crippen LogP contribution in [0.2, 0.25) is 0 Å². The van der Waals surface area contributed by atoms with Crippen molar-refractivity contribution in [2.24, 2.45) is 5.10 Å². The van der Waals surface area contributed by atoms with Crippen LogP contribution in [0.5, 0.6) is 0 Å². The monoisotopic (exact) mass is 396 g/mol. The summed E-state index contributed by atoms with van der Waals surface area (Å²) in [5, 5.41) is 4.06. The highest BCUT2D eigenvalue weighted by atomic mass is 79.9. The molecule has 0 bridgehead atoms. The summed E-state index contributed by atoms with van der Waals surface area (Å²) in [7, 11) is 0. The van der Waals surface area contributed by atoms with Gasteiger partial charge in [-0.05, 0) is 56.3 Å². The summed E-state index contributed by atoms with van der Waals surface area (Å²) in [6, 6.07) is 15.3. The Morgan fingerprint density at radius 3 is 2.64 bits per heavy atom. The fourth-order valence-electron chi connectivity index (χ4n) is 2.62. The van der Waals surface area contributed by atoms with E-state index in [1.54, 1.807) is 30.6 Å². The molecule has 2 heterocycles. The molecule has 0 spiro atoms. The van der Waals surface area contributed by atoms with Gasteiger partial charge in [0.05, 0.1) is 6.21 Å². The average molecular weight is 397 g/mol. The number of aryl methyl sites for hydroxylation is 1. The lowest BCUT2D eigenvalue weighted by atomic mass is 10.2. The Labute approximate surface area is 154 Å². The van der Waals surface area contributed by atoms with Gasteiger partial charge in [-0.1, -0.05) is 22.0 Å². The summed E-state index contributed by atoms with van der Waals surface area (Å²) in [4.78, 5) is 15.9. The lowest BCUT2D eigenvalue weighted by Gasteiger charge is -2.09. The maximum absolute atomic E-state index is 11.9. The van der Waals surface area contributed by atoms with Gasteiger partial charge in [-0.2, -0.15) is 5.10 Å². The number of nitrogens with one attached hydrogen (secondary N) is 1. The standard InChI is InChI=1S/C19H17BrN4O/c1-13-11-15(12-22-23-19(25)18-5-3-4-10-21-18)14(2)24(13)17-8-6-16(20)7-9-17/h3-12H,1-2H3,(H,23,25). The van der Waals surface area contributed by atoms with Gasteiger partial charge in [0.25, 0.3) is 5.91 Å². The number of hydrogen-bond acceptors (Lipinski definition) is 3. The summed E-state index contributed by atoms with van der Waals surface area (Å²) < 4.78 is 3.19. The van der Waals surface area contributed by atoms with Crippen molar-refractivity contribution in [3.8, 4) is 5.69 Å². The van der Waals surface area contributed by atoms with Crippen LogP contribution in [-0.2, 0) is 0 Å². The second kappa shape index (κ2) is 7.44. The molecule has 25 heavy (non-hydrogen) atoms. The lowest BCUT2D eigenvalue weighted by Crippen LogP contribution is -2.18. The summed E-state index contributed by atoms with van der Waals surface area (Å²) in [6.45, 7) is 4.07. The molecule has 1 amide bonds. The largest absolute Gasteiger partial charge is 0.318 e. The first-order valence-corrected chi connectivity index (χ1v) is 8.55. The van der Waals surface area contributed by atoms with Gasteiger partial charge in [-0.3, -0.25) is 9.78 Å². The summed E-state index contributed by atoms with van der Waals surface area (Å²) >= 11 is 3.45. The molecule has 1 N–H and O–H groups in total. The first-order chi connectivity index (χ1) is 12.1. The number of hydrogen-bond donors (Lipinski definition) is 1. The molecule has 0 saturated carbocycles. The number of hydrazone groups is 1. The van der Waals surface area contributed by atoms with E-state index in [0.29, 0.717) is 5.69 Å². The second-order valence-electron chi connectivity index (χ2n) is 5.55. The maximum Gasteiger partial charge on any atom is 0.289 e. The van der Waals surface area contributed by atoms with Gasteiger partial charge in [0, 0.05) is 33.3 Å². The van der Waals surface area contributed by atoms with Crippen molar-refractivity contribution < 1.29 is 4.79 Å². The number of benzene rings is 1. The third-order valence-electron chi connectivity index (χ3n) is 3.82. The fourth-order valence-corrected chi connectivity index (χ4v) is 2.88. The quantitative estimate of drug-likeness (QED) is 0.534. The normalized spacial score (nSPS) is 11.0. The fraction of sp³-hybridized carbons (Fsp3) is 0.105. The third-order valence-corrected chi connectivity index (χ3v) is 4.35. The highest BCUT2D eigenvalue weighted by Gasteiger charge is 2.10. The molecule has 0 atom stereocenters. The molecule has 0 aliphatic carbocycles. The van der Waals surface area contributed by atoms with Crippen molar-refractivity contribution in [2.45, 2.75) is 13.8 Å². The topological polar surface area (TPSA) is 59.3 Å². The highest BCUT2D eigenvalue weighted by molar-refractivity contribution is 9.10. The van der Waals surface area contributed by atoms with Crippen molar-refractivity contribution in [1.29, 1.82) is 0 Å². The molecule has 3 aromatic rings. The minimum Gasteiger partial charge on any atom is -0.318 e. The van der Waals surface area contributed by atoms with E-state index in [0.717, 1.165) is 27.1 Å². The Balaban J connectivity index is 1.79. The van der Waals surface area contributed by atoms with Crippen LogP contribution in [0.15, 0.2) is 64.3 Å². The van der Waals surface area contributed by atoms with Crippen molar-refractivity contribution >= 4 is 28.1 Å². The zero-order valence-electron chi connectivity index (χ0n) is 13.9. The van der Waals surface area contributed by atoms with Gasteiger partial charge >= 0.3 is 0 Å². The Morgan fingerprint density at radius 1 is 1.20 bits per heavy atom. The molecule has 6 heteroatoms. The predicted molar refractivity (Wildman–Crippen MR) is 102 cm³/mol. The van der Waals surface area contributed by atoms with Crippen molar-refractivity contribution in [3.63, 3.8) is 0 Å². The number of rotatable bonds is 4. The van der Waals surface area contributed by atoms with Crippen LogP contribution in [0, 0.1) is 13.8 Å². The van der Waals surface area contributed by atoms with Crippen LogP contribution in [0.1, 0.15) is 27.4 Å². The van der Waals surface area contributed by atoms with Crippen molar-refractivity contribution in [2.75, 3.05) is 0 Å². The van der Waals surface area contributed by atoms with E-state index in [-0.39, 0.29) is 5.91 Å². The number of aromatic nitrogens is 2. The van der Waals surface area contributed by atoms with Crippen LogP contribution in [0.4, 0.5) is 0 Å². The van der Waals surface area contributed by atoms with Gasteiger partial charge < -0.3 is 4.57 Å².